The molecule has 1 amide bonds. The highest BCUT2D eigenvalue weighted by Gasteiger charge is 2.15. The third-order valence-corrected chi connectivity index (χ3v) is 2.78. The van der Waals surface area contributed by atoms with Gasteiger partial charge in [-0.3, -0.25) is 4.79 Å². The smallest absolute Gasteiger partial charge is 0.234 e. The molecule has 0 radical (unpaired) electrons. The number of aromatic nitrogens is 2. The Balaban J connectivity index is 1.96. The van der Waals surface area contributed by atoms with Crippen LogP contribution in [0.1, 0.15) is 30.2 Å². The van der Waals surface area contributed by atoms with Crippen LogP contribution in [0.2, 0.25) is 0 Å². The summed E-state index contributed by atoms with van der Waals surface area (Å²) in [7, 11) is 1.72. The summed E-state index contributed by atoms with van der Waals surface area (Å²) in [5, 5.41) is 9.48. The molecule has 2 aromatic rings. The van der Waals surface area contributed by atoms with E-state index in [1.165, 1.54) is 0 Å². The average molecular weight is 274 g/mol. The fourth-order valence-electron chi connectivity index (χ4n) is 1.80. The number of nitrogens with one attached hydrogen (secondary N) is 2. The van der Waals surface area contributed by atoms with Crippen molar-refractivity contribution in [2.75, 3.05) is 13.6 Å². The van der Waals surface area contributed by atoms with Gasteiger partial charge in [-0.05, 0) is 19.5 Å². The number of hydrogen-bond acceptors (Lipinski definition) is 5. The molecule has 0 aliphatic heterocycles. The van der Waals surface area contributed by atoms with E-state index in [1.54, 1.807) is 7.05 Å². The SMILES string of the molecule is CNCC(=O)NC(C)c1noc(Cc2ccccc2)n1. The Morgan fingerprint density at radius 2 is 2.10 bits per heavy atom. The summed E-state index contributed by atoms with van der Waals surface area (Å²) in [6.45, 7) is 2.09. The van der Waals surface area contributed by atoms with Gasteiger partial charge >= 0.3 is 0 Å². The first-order chi connectivity index (χ1) is 9.69. The van der Waals surface area contributed by atoms with Crippen molar-refractivity contribution in [1.29, 1.82) is 0 Å². The number of likely N-dealkylation sites (N-methyl/N-ethyl adjacent to an activating group) is 1. The van der Waals surface area contributed by atoms with E-state index in [1.807, 2.05) is 37.3 Å². The van der Waals surface area contributed by atoms with Gasteiger partial charge in [0.05, 0.1) is 19.0 Å². The summed E-state index contributed by atoms with van der Waals surface area (Å²) in [6, 6.07) is 9.62. The second-order valence-electron chi connectivity index (χ2n) is 4.53. The van der Waals surface area contributed by atoms with E-state index in [9.17, 15) is 4.79 Å². The van der Waals surface area contributed by atoms with Gasteiger partial charge in [0.15, 0.2) is 5.82 Å². The molecular formula is C14H18N4O2. The summed E-state index contributed by atoms with van der Waals surface area (Å²) in [4.78, 5) is 15.8. The zero-order valence-electron chi connectivity index (χ0n) is 11.6. The highest BCUT2D eigenvalue weighted by molar-refractivity contribution is 5.78. The third kappa shape index (κ3) is 3.89. The maximum atomic E-state index is 11.5. The number of nitrogens with zero attached hydrogens (tertiary/aromatic N) is 2. The highest BCUT2D eigenvalue weighted by atomic mass is 16.5. The van der Waals surface area contributed by atoms with Crippen molar-refractivity contribution in [1.82, 2.24) is 20.8 Å². The number of carbonyl (C=O) groups is 1. The maximum Gasteiger partial charge on any atom is 0.234 e. The van der Waals surface area contributed by atoms with Crippen LogP contribution in [0.4, 0.5) is 0 Å². The van der Waals surface area contributed by atoms with Crippen LogP contribution in [0.25, 0.3) is 0 Å². The minimum atomic E-state index is -0.274. The molecule has 20 heavy (non-hydrogen) atoms. The molecule has 1 aromatic heterocycles. The molecule has 2 rings (SSSR count). The van der Waals surface area contributed by atoms with Crippen molar-refractivity contribution in [2.45, 2.75) is 19.4 Å². The summed E-state index contributed by atoms with van der Waals surface area (Å²) in [5.74, 6) is 0.927. The minimum Gasteiger partial charge on any atom is -0.345 e. The van der Waals surface area contributed by atoms with Gasteiger partial charge in [-0.15, -0.1) is 0 Å². The highest BCUT2D eigenvalue weighted by Crippen LogP contribution is 2.11. The van der Waals surface area contributed by atoms with Gasteiger partial charge in [0.2, 0.25) is 11.8 Å². The molecule has 6 heteroatoms. The molecule has 0 saturated carbocycles. The molecule has 6 nitrogen and oxygen atoms in total. The lowest BCUT2D eigenvalue weighted by atomic mass is 10.1. The maximum absolute atomic E-state index is 11.5. The van der Waals surface area contributed by atoms with Crippen LogP contribution >= 0.6 is 0 Å². The summed E-state index contributed by atoms with van der Waals surface area (Å²) in [5.41, 5.74) is 1.11. The molecule has 1 heterocycles. The Kier molecular flexibility index (Phi) is 4.84. The first-order valence-corrected chi connectivity index (χ1v) is 6.49. The van der Waals surface area contributed by atoms with E-state index in [4.69, 9.17) is 4.52 Å². The Morgan fingerprint density at radius 3 is 2.80 bits per heavy atom. The lowest BCUT2D eigenvalue weighted by Gasteiger charge is -2.09. The van der Waals surface area contributed by atoms with Gasteiger partial charge in [-0.1, -0.05) is 35.5 Å². The Morgan fingerprint density at radius 1 is 1.35 bits per heavy atom. The molecule has 1 atom stereocenters. The summed E-state index contributed by atoms with van der Waals surface area (Å²) >= 11 is 0. The van der Waals surface area contributed by atoms with Gasteiger partial charge in [-0.2, -0.15) is 4.98 Å². The number of benzene rings is 1. The van der Waals surface area contributed by atoms with Crippen LogP contribution in [0.15, 0.2) is 34.9 Å². The lowest BCUT2D eigenvalue weighted by molar-refractivity contribution is -0.120. The van der Waals surface area contributed by atoms with Crippen molar-refractivity contribution in [3.63, 3.8) is 0 Å². The standard InChI is InChI=1S/C14H18N4O2/c1-10(16-12(19)9-15-2)14-17-13(20-18-14)8-11-6-4-3-5-7-11/h3-7,10,15H,8-9H2,1-2H3,(H,16,19). The van der Waals surface area contributed by atoms with Gasteiger partial charge in [-0.25, -0.2) is 0 Å². The van der Waals surface area contributed by atoms with Crippen LogP contribution in [0.3, 0.4) is 0 Å². The molecule has 1 aromatic carbocycles. The molecular weight excluding hydrogens is 256 g/mol. The second-order valence-corrected chi connectivity index (χ2v) is 4.53. The number of amides is 1. The van der Waals surface area contributed by atoms with Crippen LogP contribution in [-0.2, 0) is 11.2 Å². The topological polar surface area (TPSA) is 80.0 Å². The van der Waals surface area contributed by atoms with Crippen molar-refractivity contribution in [3.05, 3.63) is 47.6 Å². The first kappa shape index (κ1) is 14.2. The Labute approximate surface area is 117 Å². The molecule has 0 aliphatic rings. The number of carbonyl (C=O) groups excluding carboxylic acids is 1. The first-order valence-electron chi connectivity index (χ1n) is 6.49. The van der Waals surface area contributed by atoms with E-state index in [-0.39, 0.29) is 18.5 Å². The monoisotopic (exact) mass is 274 g/mol. The molecule has 1 unspecified atom stereocenters. The normalized spacial score (nSPS) is 12.1. The molecule has 0 aliphatic carbocycles. The quantitative estimate of drug-likeness (QED) is 0.823. The van der Waals surface area contributed by atoms with Crippen LogP contribution in [-0.4, -0.2) is 29.6 Å². The van der Waals surface area contributed by atoms with E-state index in [0.717, 1.165) is 5.56 Å². The van der Waals surface area contributed by atoms with E-state index < -0.39 is 0 Å². The van der Waals surface area contributed by atoms with Crippen LogP contribution < -0.4 is 10.6 Å². The Bertz CT molecular complexity index is 553. The largest absolute Gasteiger partial charge is 0.345 e. The predicted molar refractivity (Wildman–Crippen MR) is 74.0 cm³/mol. The van der Waals surface area contributed by atoms with Crippen LogP contribution in [0, 0.1) is 0 Å². The number of rotatable bonds is 6. The van der Waals surface area contributed by atoms with Gasteiger partial charge in [0.1, 0.15) is 0 Å². The average Bonchev–Trinajstić information content (AvgIpc) is 2.89. The number of hydrogen-bond donors (Lipinski definition) is 2. The molecule has 0 fully saturated rings. The Hall–Kier alpha value is -2.21. The fourth-order valence-corrected chi connectivity index (χ4v) is 1.80. The second kappa shape index (κ2) is 6.81. The van der Waals surface area contributed by atoms with Crippen molar-refractivity contribution in [2.24, 2.45) is 0 Å². The van der Waals surface area contributed by atoms with Gasteiger partial charge < -0.3 is 15.2 Å². The molecule has 0 bridgehead atoms. The summed E-state index contributed by atoms with van der Waals surface area (Å²) in [6.07, 6.45) is 0.588. The van der Waals surface area contributed by atoms with Crippen molar-refractivity contribution in [3.8, 4) is 0 Å². The van der Waals surface area contributed by atoms with E-state index >= 15 is 0 Å². The van der Waals surface area contributed by atoms with Crippen LogP contribution in [0.5, 0.6) is 0 Å². The van der Waals surface area contributed by atoms with Crippen molar-refractivity contribution >= 4 is 5.91 Å². The third-order valence-electron chi connectivity index (χ3n) is 2.78. The zero-order chi connectivity index (χ0) is 14.4. The molecule has 0 spiro atoms. The molecule has 106 valence electrons. The zero-order valence-corrected chi connectivity index (χ0v) is 11.6. The molecule has 0 saturated heterocycles. The summed E-state index contributed by atoms with van der Waals surface area (Å²) < 4.78 is 5.20. The van der Waals surface area contributed by atoms with Crippen molar-refractivity contribution < 1.29 is 9.32 Å². The predicted octanol–water partition coefficient (Wildman–Crippen LogP) is 1.06. The minimum absolute atomic E-state index is 0.102. The van der Waals surface area contributed by atoms with Gasteiger partial charge in [0, 0.05) is 0 Å². The molecule has 2 N–H and O–H groups in total. The van der Waals surface area contributed by atoms with E-state index in [0.29, 0.717) is 18.1 Å². The van der Waals surface area contributed by atoms with Gasteiger partial charge in [0.25, 0.3) is 0 Å². The van der Waals surface area contributed by atoms with E-state index in [2.05, 4.69) is 20.8 Å². The fraction of sp³-hybridized carbons (Fsp3) is 0.357. The lowest BCUT2D eigenvalue weighted by Crippen LogP contribution is -2.34.